The molecule has 0 bridgehead atoms. The number of piperidine rings is 1. The predicted octanol–water partition coefficient (Wildman–Crippen LogP) is 5.82. The number of nitriles is 1. The molecule has 1 saturated heterocycles. The van der Waals surface area contributed by atoms with E-state index < -0.39 is 5.60 Å². The molecule has 1 heterocycles. The second-order valence-corrected chi connectivity index (χ2v) is 11.5. The van der Waals surface area contributed by atoms with E-state index in [4.69, 9.17) is 9.47 Å². The topological polar surface area (TPSA) is 79.6 Å². The molecule has 1 aliphatic heterocycles. The van der Waals surface area contributed by atoms with E-state index in [-0.39, 0.29) is 23.4 Å². The van der Waals surface area contributed by atoms with Crippen molar-refractivity contribution >= 4 is 17.4 Å². The van der Waals surface area contributed by atoms with Crippen LogP contribution in [0.5, 0.6) is 5.75 Å². The van der Waals surface area contributed by atoms with Gasteiger partial charge in [-0.2, -0.15) is 5.26 Å². The normalized spacial score (nSPS) is 18.8. The Balaban J connectivity index is 1.34. The zero-order chi connectivity index (χ0) is 25.8. The van der Waals surface area contributed by atoms with Crippen LogP contribution in [-0.4, -0.2) is 41.6 Å². The summed E-state index contributed by atoms with van der Waals surface area (Å²) >= 11 is 0. The Morgan fingerprint density at radius 2 is 1.81 bits per heavy atom. The van der Waals surface area contributed by atoms with Gasteiger partial charge in [-0.15, -0.1) is 0 Å². The number of benzene rings is 2. The number of allylic oxidation sites excluding steroid dienone is 2. The van der Waals surface area contributed by atoms with Crippen LogP contribution in [0, 0.1) is 11.3 Å². The molecule has 0 spiro atoms. The average Bonchev–Trinajstić information content (AvgIpc) is 3.22. The molecule has 1 amide bonds. The molecule has 6 heteroatoms. The lowest BCUT2D eigenvalue weighted by molar-refractivity contribution is 0.0126. The lowest BCUT2D eigenvalue weighted by Crippen LogP contribution is -2.44. The molecule has 2 aromatic rings. The molecule has 0 unspecified atom stereocenters. The van der Waals surface area contributed by atoms with Gasteiger partial charge in [-0.05, 0) is 73.7 Å². The van der Waals surface area contributed by atoms with Crippen molar-refractivity contribution in [3.05, 3.63) is 69.8 Å². The number of carbonyl (C=O) groups is 2. The first-order valence-corrected chi connectivity index (χ1v) is 12.6. The van der Waals surface area contributed by atoms with E-state index >= 15 is 0 Å². The van der Waals surface area contributed by atoms with Crippen LogP contribution in [0.4, 0.5) is 4.79 Å². The molecule has 0 aromatic heterocycles. The molecule has 5 rings (SSSR count). The number of fused-ring (bicyclic) bond motifs is 3. The Kier molecular flexibility index (Phi) is 5.70. The van der Waals surface area contributed by atoms with Crippen LogP contribution >= 0.6 is 0 Å². The van der Waals surface area contributed by atoms with Crippen molar-refractivity contribution in [2.75, 3.05) is 13.1 Å². The number of likely N-dealkylation sites (tertiary alicyclic amines) is 1. The van der Waals surface area contributed by atoms with Crippen molar-refractivity contribution in [3.63, 3.8) is 0 Å². The first-order valence-electron chi connectivity index (χ1n) is 12.6. The molecule has 36 heavy (non-hydrogen) atoms. The fourth-order valence-electron chi connectivity index (χ4n) is 5.59. The minimum atomic E-state index is -0.513. The van der Waals surface area contributed by atoms with Crippen LogP contribution in [0.3, 0.4) is 0 Å². The third-order valence-corrected chi connectivity index (χ3v) is 7.46. The highest BCUT2D eigenvalue weighted by Crippen LogP contribution is 2.50. The Labute approximate surface area is 212 Å². The van der Waals surface area contributed by atoms with Crippen LogP contribution in [0.1, 0.15) is 80.1 Å². The number of Topliss-reactive ketones (excluding diaryl/α,β-unsaturated/α-hetero) is 1. The Morgan fingerprint density at radius 3 is 2.47 bits per heavy atom. The van der Waals surface area contributed by atoms with Gasteiger partial charge >= 0.3 is 6.09 Å². The summed E-state index contributed by atoms with van der Waals surface area (Å²) in [5.74, 6) is 0.698. The molecule has 1 fully saturated rings. The minimum absolute atomic E-state index is 0.0213. The van der Waals surface area contributed by atoms with Crippen molar-refractivity contribution in [3.8, 4) is 11.8 Å². The highest BCUT2D eigenvalue weighted by Gasteiger charge is 2.43. The third-order valence-electron chi connectivity index (χ3n) is 7.46. The number of rotatable bonds is 2. The summed E-state index contributed by atoms with van der Waals surface area (Å²) in [7, 11) is 0. The largest absolute Gasteiger partial charge is 0.490 e. The number of hydrogen-bond donors (Lipinski definition) is 0. The summed E-state index contributed by atoms with van der Waals surface area (Å²) in [6.45, 7) is 11.1. The summed E-state index contributed by atoms with van der Waals surface area (Å²) < 4.78 is 11.8. The Bertz CT molecular complexity index is 1330. The average molecular weight is 485 g/mol. The number of ketones is 1. The predicted molar refractivity (Wildman–Crippen MR) is 137 cm³/mol. The monoisotopic (exact) mass is 484 g/mol. The molecule has 3 aliphatic rings. The summed E-state index contributed by atoms with van der Waals surface area (Å²) in [6.07, 6.45) is 1.79. The molecule has 6 nitrogen and oxygen atoms in total. The lowest BCUT2D eigenvalue weighted by atomic mass is 9.68. The van der Waals surface area contributed by atoms with E-state index in [1.807, 2.05) is 51.1 Å². The number of ether oxygens (including phenoxy) is 2. The van der Waals surface area contributed by atoms with E-state index in [0.717, 1.165) is 27.8 Å². The van der Waals surface area contributed by atoms with Crippen molar-refractivity contribution in [1.82, 2.24) is 4.90 Å². The minimum Gasteiger partial charge on any atom is -0.490 e. The molecule has 0 atom stereocenters. The summed E-state index contributed by atoms with van der Waals surface area (Å²) in [4.78, 5) is 27.8. The lowest BCUT2D eigenvalue weighted by Gasteiger charge is -2.35. The van der Waals surface area contributed by atoms with Gasteiger partial charge in [0.25, 0.3) is 0 Å². The van der Waals surface area contributed by atoms with E-state index in [1.54, 1.807) is 11.0 Å². The Hall–Kier alpha value is -3.59. The SMILES string of the molecule is CC(C)(C)OC(=O)N1CCC(Oc2ccc3c(c2)C(=O)C2=C(Cc4cc(C#N)ccc42)C3(C)C)CC1. The van der Waals surface area contributed by atoms with Gasteiger partial charge in [0.2, 0.25) is 0 Å². The van der Waals surface area contributed by atoms with E-state index in [9.17, 15) is 14.9 Å². The Morgan fingerprint density at radius 1 is 1.08 bits per heavy atom. The zero-order valence-electron chi connectivity index (χ0n) is 21.6. The first kappa shape index (κ1) is 24.1. The second-order valence-electron chi connectivity index (χ2n) is 11.5. The zero-order valence-corrected chi connectivity index (χ0v) is 21.6. The molecule has 2 aliphatic carbocycles. The van der Waals surface area contributed by atoms with Crippen LogP contribution in [0.15, 0.2) is 42.0 Å². The smallest absolute Gasteiger partial charge is 0.410 e. The van der Waals surface area contributed by atoms with Gasteiger partial charge in [0.05, 0.1) is 11.6 Å². The molecule has 0 radical (unpaired) electrons. The van der Waals surface area contributed by atoms with Crippen LogP contribution < -0.4 is 4.74 Å². The fourth-order valence-corrected chi connectivity index (χ4v) is 5.59. The van der Waals surface area contributed by atoms with Crippen molar-refractivity contribution in [2.45, 2.75) is 71.0 Å². The maximum atomic E-state index is 13.7. The number of carbonyl (C=O) groups excluding carboxylic acids is 2. The van der Waals surface area contributed by atoms with Gasteiger partial charge in [0, 0.05) is 42.5 Å². The highest BCUT2D eigenvalue weighted by atomic mass is 16.6. The number of hydrogen-bond acceptors (Lipinski definition) is 5. The van der Waals surface area contributed by atoms with Gasteiger partial charge in [-0.25, -0.2) is 4.79 Å². The van der Waals surface area contributed by atoms with Crippen LogP contribution in [0.2, 0.25) is 0 Å². The first-order chi connectivity index (χ1) is 17.0. The van der Waals surface area contributed by atoms with Crippen molar-refractivity contribution < 1.29 is 19.1 Å². The van der Waals surface area contributed by atoms with Crippen molar-refractivity contribution in [2.24, 2.45) is 0 Å². The van der Waals surface area contributed by atoms with E-state index in [2.05, 4.69) is 19.9 Å². The summed E-state index contributed by atoms with van der Waals surface area (Å²) in [5, 5.41) is 9.31. The van der Waals surface area contributed by atoms with Crippen LogP contribution in [-0.2, 0) is 16.6 Å². The maximum absolute atomic E-state index is 13.7. The quantitative estimate of drug-likeness (QED) is 0.537. The standard InChI is InChI=1S/C30H32N2O4/c1-29(2,3)36-28(34)32-12-10-20(11-13-32)35-21-7-9-24-23(16-21)27(33)26-22-8-6-18(17-31)14-19(22)15-25(26)30(24,4)5/h6-9,14,16,20H,10-13,15H2,1-5H3. The number of amides is 1. The fraction of sp³-hybridized carbons (Fsp3) is 0.433. The molecule has 0 N–H and O–H groups in total. The summed E-state index contributed by atoms with van der Waals surface area (Å²) in [5.41, 5.74) is 5.36. The highest BCUT2D eigenvalue weighted by molar-refractivity contribution is 6.33. The molecule has 2 aromatic carbocycles. The molecule has 0 saturated carbocycles. The maximum Gasteiger partial charge on any atom is 0.410 e. The van der Waals surface area contributed by atoms with Crippen LogP contribution in [0.25, 0.3) is 5.57 Å². The van der Waals surface area contributed by atoms with Gasteiger partial charge in [0.15, 0.2) is 5.78 Å². The van der Waals surface area contributed by atoms with Gasteiger partial charge < -0.3 is 14.4 Å². The van der Waals surface area contributed by atoms with Gasteiger partial charge in [-0.1, -0.05) is 26.0 Å². The molecule has 186 valence electrons. The van der Waals surface area contributed by atoms with E-state index in [1.165, 1.54) is 0 Å². The number of nitrogens with zero attached hydrogens (tertiary/aromatic N) is 2. The van der Waals surface area contributed by atoms with E-state index in [0.29, 0.717) is 49.2 Å². The molecular formula is C30H32N2O4. The van der Waals surface area contributed by atoms with Gasteiger partial charge in [-0.3, -0.25) is 4.79 Å². The van der Waals surface area contributed by atoms with Crippen molar-refractivity contribution in [1.29, 1.82) is 5.26 Å². The summed E-state index contributed by atoms with van der Waals surface area (Å²) in [6, 6.07) is 13.7. The third kappa shape index (κ3) is 4.17. The second kappa shape index (κ2) is 8.51. The molecular weight excluding hydrogens is 452 g/mol. The van der Waals surface area contributed by atoms with Gasteiger partial charge in [0.1, 0.15) is 17.5 Å².